The van der Waals surface area contributed by atoms with E-state index < -0.39 is 28.5 Å². The van der Waals surface area contributed by atoms with Gasteiger partial charge in [-0.25, -0.2) is 8.42 Å². The molecule has 0 aromatic heterocycles. The van der Waals surface area contributed by atoms with Gasteiger partial charge in [-0.05, 0) is 56.2 Å². The van der Waals surface area contributed by atoms with Crippen LogP contribution in [-0.4, -0.2) is 58.4 Å². The van der Waals surface area contributed by atoms with E-state index in [0.717, 1.165) is 15.4 Å². The molecule has 0 spiro atoms. The van der Waals surface area contributed by atoms with Crippen LogP contribution in [0.1, 0.15) is 18.1 Å². The second-order valence-corrected chi connectivity index (χ2v) is 11.0. The number of methoxy groups -OCH3 is 1. The molecule has 202 valence electrons. The molecular weight excluding hydrogens is 526 g/mol. The van der Waals surface area contributed by atoms with Crippen molar-refractivity contribution >= 4 is 39.1 Å². The topological polar surface area (TPSA) is 96.0 Å². The first-order chi connectivity index (χ1) is 18.1. The molecule has 0 fully saturated rings. The summed E-state index contributed by atoms with van der Waals surface area (Å²) in [5.41, 5.74) is 2.08. The fourth-order valence-corrected chi connectivity index (χ4v) is 5.61. The minimum Gasteiger partial charge on any atom is -0.495 e. The van der Waals surface area contributed by atoms with E-state index >= 15 is 0 Å². The van der Waals surface area contributed by atoms with Crippen molar-refractivity contribution in [3.05, 3.63) is 88.9 Å². The molecule has 10 heteroatoms. The summed E-state index contributed by atoms with van der Waals surface area (Å²) < 4.78 is 33.8. The van der Waals surface area contributed by atoms with Gasteiger partial charge in [0.2, 0.25) is 11.8 Å². The molecule has 38 heavy (non-hydrogen) atoms. The third kappa shape index (κ3) is 6.85. The smallest absolute Gasteiger partial charge is 0.264 e. The summed E-state index contributed by atoms with van der Waals surface area (Å²) in [5, 5.41) is 2.76. The predicted octanol–water partition coefficient (Wildman–Crippen LogP) is 4.06. The van der Waals surface area contributed by atoms with Gasteiger partial charge in [-0.1, -0.05) is 59.6 Å². The average Bonchev–Trinajstić information content (AvgIpc) is 2.91. The first-order valence-corrected chi connectivity index (χ1v) is 13.9. The van der Waals surface area contributed by atoms with Gasteiger partial charge in [0.1, 0.15) is 18.3 Å². The summed E-state index contributed by atoms with van der Waals surface area (Å²) in [6.45, 7) is 3.16. The fourth-order valence-electron chi connectivity index (χ4n) is 3.96. The Kier molecular flexibility index (Phi) is 9.77. The van der Waals surface area contributed by atoms with Crippen molar-refractivity contribution in [1.29, 1.82) is 0 Å². The van der Waals surface area contributed by atoms with Gasteiger partial charge in [0.25, 0.3) is 10.0 Å². The van der Waals surface area contributed by atoms with Gasteiger partial charge >= 0.3 is 0 Å². The molecule has 0 radical (unpaired) electrons. The number of anilines is 1. The molecule has 0 aliphatic carbocycles. The highest BCUT2D eigenvalue weighted by atomic mass is 35.5. The molecule has 8 nitrogen and oxygen atoms in total. The van der Waals surface area contributed by atoms with Crippen molar-refractivity contribution in [2.75, 3.05) is 31.6 Å². The van der Waals surface area contributed by atoms with E-state index in [1.807, 2.05) is 37.3 Å². The molecule has 0 aliphatic rings. The van der Waals surface area contributed by atoms with Crippen molar-refractivity contribution in [1.82, 2.24) is 10.2 Å². The van der Waals surface area contributed by atoms with Gasteiger partial charge in [0.05, 0.1) is 22.7 Å². The lowest BCUT2D eigenvalue weighted by Gasteiger charge is -2.32. The van der Waals surface area contributed by atoms with Crippen molar-refractivity contribution in [3.63, 3.8) is 0 Å². The number of aryl methyl sites for hydroxylation is 1. The quantitative estimate of drug-likeness (QED) is 0.383. The summed E-state index contributed by atoms with van der Waals surface area (Å²) in [6, 6.07) is 19.6. The number of halogens is 1. The molecule has 3 rings (SSSR count). The number of ether oxygens (including phenoxy) is 1. The number of carbonyl (C=O) groups excluding carboxylic acids is 2. The standard InChI is InChI=1S/C28H32ClN3O5S/c1-20-10-13-24(14-11-20)38(35,36)32(23-12-15-26(37-4)25(29)18-23)19-27(33)31(21(2)28(34)30-3)17-16-22-8-6-5-7-9-22/h5-15,18,21H,16-17,19H2,1-4H3,(H,30,34)/t21-/m1/s1. The Balaban J connectivity index is 2.01. The maximum Gasteiger partial charge on any atom is 0.264 e. The number of likely N-dealkylation sites (N-methyl/N-ethyl adjacent to an activating group) is 1. The Labute approximate surface area is 229 Å². The molecule has 3 aromatic rings. The molecule has 0 saturated carbocycles. The number of amides is 2. The molecule has 0 unspecified atom stereocenters. The summed E-state index contributed by atoms with van der Waals surface area (Å²) in [5.74, 6) is -0.515. The Morgan fingerprint density at radius 3 is 2.26 bits per heavy atom. The van der Waals surface area contributed by atoms with E-state index in [2.05, 4.69) is 5.32 Å². The fraction of sp³-hybridized carbons (Fsp3) is 0.286. The predicted molar refractivity (Wildman–Crippen MR) is 149 cm³/mol. The monoisotopic (exact) mass is 557 g/mol. The summed E-state index contributed by atoms with van der Waals surface area (Å²) in [7, 11) is -1.22. The minimum absolute atomic E-state index is 0.0259. The Morgan fingerprint density at radius 1 is 1.03 bits per heavy atom. The van der Waals surface area contributed by atoms with Gasteiger partial charge in [-0.15, -0.1) is 0 Å². The highest BCUT2D eigenvalue weighted by molar-refractivity contribution is 7.92. The normalized spacial score (nSPS) is 11.9. The number of sulfonamides is 1. The number of rotatable bonds is 11. The van der Waals surface area contributed by atoms with Gasteiger partial charge in [-0.2, -0.15) is 0 Å². The maximum absolute atomic E-state index is 13.8. The van der Waals surface area contributed by atoms with Gasteiger partial charge in [0.15, 0.2) is 0 Å². The van der Waals surface area contributed by atoms with Crippen LogP contribution in [0.3, 0.4) is 0 Å². The lowest BCUT2D eigenvalue weighted by atomic mass is 10.1. The number of hydrogen-bond acceptors (Lipinski definition) is 5. The van der Waals surface area contributed by atoms with Crippen LogP contribution in [0.5, 0.6) is 5.75 Å². The van der Waals surface area contributed by atoms with Crippen molar-refractivity contribution < 1.29 is 22.7 Å². The van der Waals surface area contributed by atoms with Crippen molar-refractivity contribution in [2.45, 2.75) is 31.2 Å². The molecule has 2 amide bonds. The lowest BCUT2D eigenvalue weighted by Crippen LogP contribution is -2.51. The van der Waals surface area contributed by atoms with Crippen LogP contribution in [0.2, 0.25) is 5.02 Å². The van der Waals surface area contributed by atoms with Gasteiger partial charge in [-0.3, -0.25) is 13.9 Å². The highest BCUT2D eigenvalue weighted by Gasteiger charge is 2.32. The second kappa shape index (κ2) is 12.8. The van der Waals surface area contributed by atoms with Crippen molar-refractivity contribution in [3.8, 4) is 5.75 Å². The largest absolute Gasteiger partial charge is 0.495 e. The molecule has 1 N–H and O–H groups in total. The minimum atomic E-state index is -4.17. The lowest BCUT2D eigenvalue weighted by molar-refractivity contribution is -0.138. The van der Waals surface area contributed by atoms with E-state index in [9.17, 15) is 18.0 Å². The third-order valence-electron chi connectivity index (χ3n) is 6.21. The zero-order chi connectivity index (χ0) is 27.9. The van der Waals surface area contributed by atoms with E-state index in [1.165, 1.54) is 43.3 Å². The number of nitrogens with one attached hydrogen (secondary N) is 1. The third-order valence-corrected chi connectivity index (χ3v) is 8.29. The molecule has 3 aromatic carbocycles. The Bertz CT molecular complexity index is 1360. The van der Waals surface area contributed by atoms with Gasteiger partial charge in [0, 0.05) is 13.6 Å². The number of nitrogens with zero attached hydrogens (tertiary/aromatic N) is 2. The van der Waals surface area contributed by atoms with Crippen molar-refractivity contribution in [2.24, 2.45) is 0 Å². The van der Waals surface area contributed by atoms with Crippen LogP contribution < -0.4 is 14.4 Å². The Morgan fingerprint density at radius 2 is 1.68 bits per heavy atom. The summed E-state index contributed by atoms with van der Waals surface area (Å²) in [6.07, 6.45) is 0.493. The summed E-state index contributed by atoms with van der Waals surface area (Å²) in [4.78, 5) is 27.7. The molecule has 0 aliphatic heterocycles. The van der Waals surface area contributed by atoms with E-state index in [4.69, 9.17) is 16.3 Å². The molecule has 0 saturated heterocycles. The first-order valence-electron chi connectivity index (χ1n) is 12.1. The molecular formula is C28H32ClN3O5S. The maximum atomic E-state index is 13.8. The van der Waals surface area contributed by atoms with E-state index in [0.29, 0.717) is 12.2 Å². The van der Waals surface area contributed by atoms with Crippen LogP contribution in [-0.2, 0) is 26.0 Å². The zero-order valence-electron chi connectivity index (χ0n) is 21.8. The Hall–Kier alpha value is -3.56. The van der Waals surface area contributed by atoms with Gasteiger partial charge < -0.3 is 15.0 Å². The highest BCUT2D eigenvalue weighted by Crippen LogP contribution is 2.32. The average molecular weight is 558 g/mol. The summed E-state index contributed by atoms with van der Waals surface area (Å²) >= 11 is 6.32. The molecule has 1 atom stereocenters. The van der Waals surface area contributed by atoms with Crippen LogP contribution in [0.15, 0.2) is 77.7 Å². The van der Waals surface area contributed by atoms with E-state index in [-0.39, 0.29) is 28.1 Å². The number of benzene rings is 3. The SMILES string of the molecule is CNC(=O)[C@@H](C)N(CCc1ccccc1)C(=O)CN(c1ccc(OC)c(Cl)c1)S(=O)(=O)c1ccc(C)cc1. The van der Waals surface area contributed by atoms with Crippen LogP contribution in [0.25, 0.3) is 0 Å². The molecule has 0 bridgehead atoms. The number of hydrogen-bond donors (Lipinski definition) is 1. The number of carbonyl (C=O) groups is 2. The second-order valence-electron chi connectivity index (χ2n) is 8.76. The van der Waals surface area contributed by atoms with Crippen LogP contribution in [0, 0.1) is 6.92 Å². The van der Waals surface area contributed by atoms with E-state index in [1.54, 1.807) is 25.1 Å². The van der Waals surface area contributed by atoms with Crippen LogP contribution in [0.4, 0.5) is 5.69 Å². The first kappa shape index (κ1) is 29.0. The zero-order valence-corrected chi connectivity index (χ0v) is 23.4. The molecule has 0 heterocycles. The van der Waals surface area contributed by atoms with Crippen LogP contribution >= 0.6 is 11.6 Å².